The highest BCUT2D eigenvalue weighted by Gasteiger charge is 2.45. The molecule has 2 amide bonds. The fourth-order valence-corrected chi connectivity index (χ4v) is 5.25. The van der Waals surface area contributed by atoms with Crippen molar-refractivity contribution in [2.75, 3.05) is 39.3 Å². The SMILES string of the molecule is CC1=NCC(=O)C(C(N)=O)=C1C(=O)N1CC2CN(CCC(OC(=O)C(F)(F)F)c3ccccc3)C[C@H]2C1. The molecule has 2 fully saturated rings. The van der Waals surface area contributed by atoms with E-state index in [1.54, 1.807) is 42.2 Å². The van der Waals surface area contributed by atoms with Crippen LogP contribution in [0.1, 0.15) is 25.0 Å². The Morgan fingerprint density at radius 1 is 1.08 bits per heavy atom. The fraction of sp³-hybridized carbons (Fsp3) is 0.480. The number of nitrogens with zero attached hydrogens (tertiary/aromatic N) is 3. The third-order valence-electron chi connectivity index (χ3n) is 7.02. The number of dihydropyridines is 1. The second-order valence-corrected chi connectivity index (χ2v) is 9.52. The van der Waals surface area contributed by atoms with E-state index in [2.05, 4.69) is 9.89 Å². The van der Waals surface area contributed by atoms with Crippen LogP contribution in [0.3, 0.4) is 0 Å². The number of esters is 1. The average Bonchev–Trinajstić information content (AvgIpc) is 3.41. The lowest BCUT2D eigenvalue weighted by Crippen LogP contribution is -2.40. The van der Waals surface area contributed by atoms with Gasteiger partial charge >= 0.3 is 12.1 Å². The molecule has 0 aromatic heterocycles. The molecule has 37 heavy (non-hydrogen) atoms. The Labute approximate surface area is 211 Å². The van der Waals surface area contributed by atoms with Crippen molar-refractivity contribution in [3.05, 3.63) is 47.0 Å². The van der Waals surface area contributed by atoms with Crippen LogP contribution < -0.4 is 5.73 Å². The maximum Gasteiger partial charge on any atom is 0.490 e. The molecule has 3 aliphatic rings. The van der Waals surface area contributed by atoms with Gasteiger partial charge in [-0.2, -0.15) is 13.2 Å². The van der Waals surface area contributed by atoms with Crippen LogP contribution in [0.5, 0.6) is 0 Å². The van der Waals surface area contributed by atoms with Crippen LogP contribution in [0.4, 0.5) is 13.2 Å². The molecule has 0 bridgehead atoms. The monoisotopic (exact) mass is 520 g/mol. The molecule has 198 valence electrons. The Morgan fingerprint density at radius 2 is 1.70 bits per heavy atom. The smallest absolute Gasteiger partial charge is 0.451 e. The number of likely N-dealkylation sites (tertiary alicyclic amines) is 2. The first kappa shape index (κ1) is 26.5. The third-order valence-corrected chi connectivity index (χ3v) is 7.02. The van der Waals surface area contributed by atoms with Crippen LogP contribution >= 0.6 is 0 Å². The summed E-state index contributed by atoms with van der Waals surface area (Å²) < 4.78 is 43.2. The van der Waals surface area contributed by atoms with Gasteiger partial charge in [0.2, 0.25) is 0 Å². The minimum atomic E-state index is -5.08. The summed E-state index contributed by atoms with van der Waals surface area (Å²) in [6, 6.07) is 8.29. The molecule has 9 nitrogen and oxygen atoms in total. The van der Waals surface area contributed by atoms with Gasteiger partial charge in [0.15, 0.2) is 5.78 Å². The van der Waals surface area contributed by atoms with E-state index >= 15 is 0 Å². The van der Waals surface area contributed by atoms with Crippen LogP contribution in [-0.2, 0) is 23.9 Å². The normalized spacial score (nSPS) is 23.1. The molecule has 0 aliphatic carbocycles. The lowest BCUT2D eigenvalue weighted by atomic mass is 9.96. The number of carbonyl (C=O) groups excluding carboxylic acids is 4. The van der Waals surface area contributed by atoms with Gasteiger partial charge in [-0.1, -0.05) is 30.3 Å². The summed E-state index contributed by atoms with van der Waals surface area (Å²) in [5.74, 6) is -3.97. The van der Waals surface area contributed by atoms with Gasteiger partial charge in [0, 0.05) is 44.9 Å². The Kier molecular flexibility index (Phi) is 7.49. The van der Waals surface area contributed by atoms with Gasteiger partial charge in [-0.15, -0.1) is 0 Å². The third kappa shape index (κ3) is 5.74. The van der Waals surface area contributed by atoms with Gasteiger partial charge < -0.3 is 20.3 Å². The van der Waals surface area contributed by atoms with E-state index in [1.807, 2.05) is 0 Å². The first-order valence-corrected chi connectivity index (χ1v) is 11.9. The Balaban J connectivity index is 1.38. The minimum absolute atomic E-state index is 0.0437. The summed E-state index contributed by atoms with van der Waals surface area (Å²) in [7, 11) is 0. The lowest BCUT2D eigenvalue weighted by molar-refractivity contribution is -0.205. The number of nitrogens with two attached hydrogens (primary N) is 1. The number of benzene rings is 1. The molecule has 1 aromatic rings. The summed E-state index contributed by atoms with van der Waals surface area (Å²) in [6.45, 7) is 3.78. The molecule has 3 aliphatic heterocycles. The fourth-order valence-electron chi connectivity index (χ4n) is 5.25. The number of fused-ring (bicyclic) bond motifs is 1. The summed E-state index contributed by atoms with van der Waals surface area (Å²) in [4.78, 5) is 56.4. The zero-order valence-corrected chi connectivity index (χ0v) is 20.2. The Hall–Kier alpha value is -3.54. The van der Waals surface area contributed by atoms with Gasteiger partial charge in [0.1, 0.15) is 12.6 Å². The van der Waals surface area contributed by atoms with Gasteiger partial charge in [-0.25, -0.2) is 4.79 Å². The van der Waals surface area contributed by atoms with Crippen molar-refractivity contribution in [2.45, 2.75) is 25.6 Å². The molecule has 3 heterocycles. The largest absolute Gasteiger partial charge is 0.490 e. The van der Waals surface area contributed by atoms with Gasteiger partial charge in [0.25, 0.3) is 11.8 Å². The number of hydrogen-bond donors (Lipinski definition) is 1. The second-order valence-electron chi connectivity index (χ2n) is 9.52. The molecule has 0 spiro atoms. The van der Waals surface area contributed by atoms with E-state index in [-0.39, 0.29) is 35.9 Å². The number of carbonyl (C=O) groups is 4. The van der Waals surface area contributed by atoms with Crippen molar-refractivity contribution in [3.63, 3.8) is 0 Å². The maximum atomic E-state index is 13.2. The van der Waals surface area contributed by atoms with Crippen molar-refractivity contribution in [1.29, 1.82) is 0 Å². The molecule has 3 atom stereocenters. The van der Waals surface area contributed by atoms with Crippen LogP contribution in [0.25, 0.3) is 0 Å². The number of halogens is 3. The predicted octanol–water partition coefficient (Wildman–Crippen LogP) is 1.44. The maximum absolute atomic E-state index is 13.2. The Morgan fingerprint density at radius 3 is 2.27 bits per heavy atom. The average molecular weight is 521 g/mol. The number of hydrogen-bond acceptors (Lipinski definition) is 7. The van der Waals surface area contributed by atoms with Crippen LogP contribution in [0, 0.1) is 11.8 Å². The lowest BCUT2D eigenvalue weighted by Gasteiger charge is -2.25. The summed E-state index contributed by atoms with van der Waals surface area (Å²) >= 11 is 0. The molecular weight excluding hydrogens is 493 g/mol. The molecule has 0 radical (unpaired) electrons. The van der Waals surface area contributed by atoms with Crippen LogP contribution in [-0.4, -0.2) is 84.5 Å². The zero-order chi connectivity index (χ0) is 26.9. The Bertz CT molecular complexity index is 1150. The first-order chi connectivity index (χ1) is 17.5. The van der Waals surface area contributed by atoms with E-state index in [4.69, 9.17) is 10.5 Å². The van der Waals surface area contributed by atoms with Gasteiger partial charge in [0.05, 0.1) is 11.1 Å². The first-order valence-electron chi connectivity index (χ1n) is 11.9. The molecular formula is C25H27F3N4O5. The molecule has 2 N–H and O–H groups in total. The zero-order valence-electron chi connectivity index (χ0n) is 20.2. The van der Waals surface area contributed by atoms with Crippen molar-refractivity contribution in [2.24, 2.45) is 22.6 Å². The molecule has 2 unspecified atom stereocenters. The van der Waals surface area contributed by atoms with E-state index in [0.717, 1.165) is 0 Å². The quantitative estimate of drug-likeness (QED) is 0.429. The highest BCUT2D eigenvalue weighted by Crippen LogP contribution is 2.34. The summed E-state index contributed by atoms with van der Waals surface area (Å²) in [6.07, 6.45) is -5.94. The topological polar surface area (TPSA) is 122 Å². The van der Waals surface area contributed by atoms with Crippen molar-refractivity contribution in [3.8, 4) is 0 Å². The molecule has 0 saturated carbocycles. The number of Topliss-reactive ketones (excluding diaryl/α,β-unsaturated/α-hetero) is 1. The predicted molar refractivity (Wildman–Crippen MR) is 125 cm³/mol. The molecule has 4 rings (SSSR count). The number of aliphatic imine (C=N–C) groups is 1. The van der Waals surface area contributed by atoms with E-state index in [1.165, 1.54) is 0 Å². The number of alkyl halides is 3. The highest BCUT2D eigenvalue weighted by atomic mass is 19.4. The van der Waals surface area contributed by atoms with Crippen LogP contribution in [0.2, 0.25) is 0 Å². The van der Waals surface area contributed by atoms with Gasteiger partial charge in [-0.3, -0.25) is 19.4 Å². The van der Waals surface area contributed by atoms with Crippen molar-refractivity contribution >= 4 is 29.3 Å². The molecule has 1 aromatic carbocycles. The van der Waals surface area contributed by atoms with Crippen LogP contribution in [0.15, 0.2) is 46.5 Å². The number of ether oxygens (including phenoxy) is 1. The minimum Gasteiger partial charge on any atom is -0.451 e. The highest BCUT2D eigenvalue weighted by molar-refractivity contribution is 6.35. The van der Waals surface area contributed by atoms with E-state index < -0.39 is 35.8 Å². The van der Waals surface area contributed by atoms with E-state index in [0.29, 0.717) is 44.0 Å². The standard InChI is InChI=1S/C25H27F3N4O5/c1-14-20(21(22(29)34)18(33)9-30-14)23(35)32-12-16-10-31(11-17(16)13-32)8-7-19(15-5-3-2-4-6-15)37-24(36)25(26,27)28/h2-6,16-17,19H,7-13H2,1H3,(H2,29,34)/t16-,17?,19?/m0/s1. The van der Waals surface area contributed by atoms with Crippen molar-refractivity contribution < 1.29 is 37.1 Å². The molecule has 12 heteroatoms. The number of ketones is 1. The second kappa shape index (κ2) is 10.4. The van der Waals surface area contributed by atoms with E-state index in [9.17, 15) is 32.3 Å². The number of primary amides is 1. The van der Waals surface area contributed by atoms with Crippen molar-refractivity contribution in [1.82, 2.24) is 9.80 Å². The summed E-state index contributed by atoms with van der Waals surface area (Å²) in [5.41, 5.74) is 5.80. The van der Waals surface area contributed by atoms with Gasteiger partial charge in [-0.05, 0) is 24.3 Å². The number of amides is 2. The number of rotatable bonds is 7. The molecule has 2 saturated heterocycles. The summed E-state index contributed by atoms with van der Waals surface area (Å²) in [5, 5.41) is 0.